The number of halogens is 2. The maximum atomic E-state index is 3.46. The van der Waals surface area contributed by atoms with E-state index in [1.165, 1.54) is 15.6 Å². The van der Waals surface area contributed by atoms with Crippen LogP contribution in [0.2, 0.25) is 0 Å². The van der Waals surface area contributed by atoms with Gasteiger partial charge in [-0.2, -0.15) is 0 Å². The molecule has 0 saturated heterocycles. The first kappa shape index (κ1) is 10.2. The lowest BCUT2D eigenvalue weighted by atomic mass is 10.1. The minimum Gasteiger partial charge on any atom is -0.306 e. The molecule has 1 aromatic carbocycles. The predicted molar refractivity (Wildman–Crippen MR) is 59.7 cm³/mol. The van der Waals surface area contributed by atoms with Gasteiger partial charge in [0.2, 0.25) is 0 Å². The van der Waals surface area contributed by atoms with Gasteiger partial charge in [-0.1, -0.05) is 22.0 Å². The standard InChI is InChI=1S/C9H10BrN.BrH/c1-6-9-3-2-8(10)4-7(9)5-11-6;/h2-4,6,11H,5H2,1H3;1H. The van der Waals surface area contributed by atoms with E-state index >= 15 is 0 Å². The molecule has 1 unspecified atom stereocenters. The lowest BCUT2D eigenvalue weighted by Crippen LogP contribution is -2.06. The number of hydrogen-bond donors (Lipinski definition) is 1. The lowest BCUT2D eigenvalue weighted by Gasteiger charge is -2.02. The van der Waals surface area contributed by atoms with E-state index in [9.17, 15) is 0 Å². The normalized spacial score (nSPS) is 20.0. The Bertz CT molecular complexity index is 286. The van der Waals surface area contributed by atoms with Gasteiger partial charge < -0.3 is 5.32 Å². The Labute approximate surface area is 91.5 Å². The number of benzene rings is 1. The lowest BCUT2D eigenvalue weighted by molar-refractivity contribution is 0.633. The molecule has 0 spiro atoms. The van der Waals surface area contributed by atoms with E-state index in [1.54, 1.807) is 0 Å². The Morgan fingerprint density at radius 2 is 2.25 bits per heavy atom. The molecule has 0 aliphatic carbocycles. The minimum atomic E-state index is 0. The average molecular weight is 293 g/mol. The molecular weight excluding hydrogens is 282 g/mol. The molecule has 0 radical (unpaired) electrons. The van der Waals surface area contributed by atoms with Crippen LogP contribution in [0.4, 0.5) is 0 Å². The summed E-state index contributed by atoms with van der Waals surface area (Å²) >= 11 is 3.46. The second-order valence-electron chi connectivity index (χ2n) is 2.95. The summed E-state index contributed by atoms with van der Waals surface area (Å²) in [5.41, 5.74) is 2.86. The third-order valence-electron chi connectivity index (χ3n) is 2.17. The van der Waals surface area contributed by atoms with Crippen molar-refractivity contribution in [2.45, 2.75) is 19.5 Å². The molecule has 0 bridgehead atoms. The van der Waals surface area contributed by atoms with Crippen molar-refractivity contribution in [2.75, 3.05) is 0 Å². The number of hydrogen-bond acceptors (Lipinski definition) is 1. The fourth-order valence-corrected chi connectivity index (χ4v) is 1.93. The van der Waals surface area contributed by atoms with Crippen molar-refractivity contribution in [3.63, 3.8) is 0 Å². The van der Waals surface area contributed by atoms with Crippen molar-refractivity contribution >= 4 is 32.9 Å². The number of nitrogens with one attached hydrogen (secondary N) is 1. The molecule has 0 fully saturated rings. The van der Waals surface area contributed by atoms with Gasteiger partial charge in [0.1, 0.15) is 0 Å². The number of fused-ring (bicyclic) bond motifs is 1. The average Bonchev–Trinajstić information content (AvgIpc) is 2.32. The predicted octanol–water partition coefficient (Wildman–Crippen LogP) is 3.19. The first-order valence-electron chi connectivity index (χ1n) is 3.79. The van der Waals surface area contributed by atoms with Crippen molar-refractivity contribution in [3.05, 3.63) is 33.8 Å². The summed E-state index contributed by atoms with van der Waals surface area (Å²) in [5.74, 6) is 0. The van der Waals surface area contributed by atoms with Crippen molar-refractivity contribution in [2.24, 2.45) is 0 Å². The van der Waals surface area contributed by atoms with Gasteiger partial charge in [-0.25, -0.2) is 0 Å². The van der Waals surface area contributed by atoms with Crippen molar-refractivity contribution in [1.82, 2.24) is 5.32 Å². The summed E-state index contributed by atoms with van der Waals surface area (Å²) in [6, 6.07) is 7.00. The molecule has 66 valence electrons. The molecule has 2 rings (SSSR count). The second-order valence-corrected chi connectivity index (χ2v) is 3.86. The quantitative estimate of drug-likeness (QED) is 0.774. The molecule has 1 aliphatic rings. The zero-order chi connectivity index (χ0) is 7.84. The summed E-state index contributed by atoms with van der Waals surface area (Å²) < 4.78 is 1.17. The maximum Gasteiger partial charge on any atom is 0.0298 e. The summed E-state index contributed by atoms with van der Waals surface area (Å²) in [5, 5.41) is 3.39. The van der Waals surface area contributed by atoms with Gasteiger partial charge in [0, 0.05) is 17.1 Å². The fraction of sp³-hybridized carbons (Fsp3) is 0.333. The molecule has 1 nitrogen and oxygen atoms in total. The van der Waals surface area contributed by atoms with E-state index in [2.05, 4.69) is 46.4 Å². The van der Waals surface area contributed by atoms with Crippen LogP contribution in [0.15, 0.2) is 22.7 Å². The first-order chi connectivity index (χ1) is 5.27. The van der Waals surface area contributed by atoms with E-state index in [0.29, 0.717) is 6.04 Å². The molecule has 0 saturated carbocycles. The topological polar surface area (TPSA) is 12.0 Å². The van der Waals surface area contributed by atoms with Crippen molar-refractivity contribution < 1.29 is 0 Å². The van der Waals surface area contributed by atoms with Crippen LogP contribution < -0.4 is 5.32 Å². The highest BCUT2D eigenvalue weighted by Gasteiger charge is 2.16. The van der Waals surface area contributed by atoms with Crippen LogP contribution in [0.5, 0.6) is 0 Å². The summed E-state index contributed by atoms with van der Waals surface area (Å²) in [4.78, 5) is 0. The highest BCUT2D eigenvalue weighted by Crippen LogP contribution is 2.26. The Kier molecular flexibility index (Phi) is 3.32. The molecule has 12 heavy (non-hydrogen) atoms. The maximum absolute atomic E-state index is 3.46. The molecular formula is C9H11Br2N. The smallest absolute Gasteiger partial charge is 0.0298 e. The van der Waals surface area contributed by atoms with E-state index < -0.39 is 0 Å². The van der Waals surface area contributed by atoms with Crippen LogP contribution in [0, 0.1) is 0 Å². The van der Waals surface area contributed by atoms with E-state index in [-0.39, 0.29) is 17.0 Å². The summed E-state index contributed by atoms with van der Waals surface area (Å²) in [7, 11) is 0. The third-order valence-corrected chi connectivity index (χ3v) is 2.66. The van der Waals surface area contributed by atoms with E-state index in [1.807, 2.05) is 0 Å². The Balaban J connectivity index is 0.000000720. The van der Waals surface area contributed by atoms with Gasteiger partial charge in [-0.05, 0) is 30.2 Å². The Morgan fingerprint density at radius 3 is 3.00 bits per heavy atom. The van der Waals surface area contributed by atoms with Gasteiger partial charge in [-0.3, -0.25) is 0 Å². The second kappa shape index (κ2) is 3.90. The molecule has 1 atom stereocenters. The van der Waals surface area contributed by atoms with Crippen LogP contribution in [-0.4, -0.2) is 0 Å². The van der Waals surface area contributed by atoms with Crippen LogP contribution in [0.25, 0.3) is 0 Å². The zero-order valence-electron chi connectivity index (χ0n) is 6.80. The molecule has 0 aromatic heterocycles. The molecule has 1 aliphatic heterocycles. The summed E-state index contributed by atoms with van der Waals surface area (Å²) in [6.07, 6.45) is 0. The van der Waals surface area contributed by atoms with Crippen molar-refractivity contribution in [1.29, 1.82) is 0 Å². The SMILES string of the molecule is Br.CC1NCc2cc(Br)ccc21. The van der Waals surface area contributed by atoms with Crippen LogP contribution in [0.1, 0.15) is 24.1 Å². The van der Waals surface area contributed by atoms with Crippen LogP contribution in [-0.2, 0) is 6.54 Å². The molecule has 1 heterocycles. The van der Waals surface area contributed by atoms with Crippen LogP contribution in [0.3, 0.4) is 0 Å². The van der Waals surface area contributed by atoms with Gasteiger partial charge in [0.25, 0.3) is 0 Å². The first-order valence-corrected chi connectivity index (χ1v) is 4.58. The van der Waals surface area contributed by atoms with Gasteiger partial charge in [0.05, 0.1) is 0 Å². The Morgan fingerprint density at radius 1 is 1.50 bits per heavy atom. The highest BCUT2D eigenvalue weighted by atomic mass is 79.9. The van der Waals surface area contributed by atoms with Crippen LogP contribution >= 0.6 is 32.9 Å². The zero-order valence-corrected chi connectivity index (χ0v) is 10.1. The largest absolute Gasteiger partial charge is 0.306 e. The molecule has 0 amide bonds. The monoisotopic (exact) mass is 291 g/mol. The number of rotatable bonds is 0. The molecule has 3 heteroatoms. The van der Waals surface area contributed by atoms with Crippen molar-refractivity contribution in [3.8, 4) is 0 Å². The molecule has 1 N–H and O–H groups in total. The van der Waals surface area contributed by atoms with Gasteiger partial charge in [-0.15, -0.1) is 17.0 Å². The fourth-order valence-electron chi connectivity index (χ4n) is 1.52. The molecule has 1 aromatic rings. The third kappa shape index (κ3) is 1.73. The van der Waals surface area contributed by atoms with Gasteiger partial charge in [0.15, 0.2) is 0 Å². The minimum absolute atomic E-state index is 0. The van der Waals surface area contributed by atoms with E-state index in [4.69, 9.17) is 0 Å². The summed E-state index contributed by atoms with van der Waals surface area (Å²) in [6.45, 7) is 3.20. The van der Waals surface area contributed by atoms with E-state index in [0.717, 1.165) is 6.54 Å². The highest BCUT2D eigenvalue weighted by molar-refractivity contribution is 9.10. The Hall–Kier alpha value is 0.140. The van der Waals surface area contributed by atoms with Gasteiger partial charge >= 0.3 is 0 Å².